The molecule has 23 heavy (non-hydrogen) atoms. The Morgan fingerprint density at radius 2 is 2.00 bits per heavy atom. The van der Waals surface area contributed by atoms with Gasteiger partial charge in [0.05, 0.1) is 24.8 Å². The summed E-state index contributed by atoms with van der Waals surface area (Å²) in [5, 5.41) is 3.37. The largest absolute Gasteiger partial charge is 0.378 e. The number of likely N-dealkylation sites (tertiary alicyclic amines) is 1. The van der Waals surface area contributed by atoms with Crippen LogP contribution in [0.4, 0.5) is 0 Å². The van der Waals surface area contributed by atoms with Crippen LogP contribution in [0.5, 0.6) is 0 Å². The van der Waals surface area contributed by atoms with Gasteiger partial charge in [0, 0.05) is 18.5 Å². The summed E-state index contributed by atoms with van der Waals surface area (Å²) in [6.07, 6.45) is 4.97. The zero-order chi connectivity index (χ0) is 15.9. The number of ether oxygens (including phenoxy) is 1. The lowest BCUT2D eigenvalue weighted by atomic mass is 9.85. The second-order valence-corrected chi connectivity index (χ2v) is 7.50. The molecule has 1 aromatic rings. The van der Waals surface area contributed by atoms with E-state index in [9.17, 15) is 4.79 Å². The monoisotopic (exact) mass is 314 g/mol. The molecule has 0 bridgehead atoms. The molecule has 4 rings (SSSR count). The van der Waals surface area contributed by atoms with E-state index in [4.69, 9.17) is 4.74 Å². The molecule has 3 aliphatic rings. The molecule has 1 N–H and O–H groups in total. The van der Waals surface area contributed by atoms with Gasteiger partial charge < -0.3 is 10.1 Å². The van der Waals surface area contributed by atoms with Crippen molar-refractivity contribution in [1.29, 1.82) is 0 Å². The molecule has 0 unspecified atom stereocenters. The smallest absolute Gasteiger partial charge is 0.220 e. The normalized spacial score (nSPS) is 35.8. The molecule has 0 aromatic heterocycles. The van der Waals surface area contributed by atoms with Crippen molar-refractivity contribution in [3.05, 3.63) is 35.9 Å². The summed E-state index contributed by atoms with van der Waals surface area (Å²) in [5.41, 5.74) is 1.23. The van der Waals surface area contributed by atoms with Crippen molar-refractivity contribution in [3.8, 4) is 0 Å². The summed E-state index contributed by atoms with van der Waals surface area (Å²) in [4.78, 5) is 14.9. The number of amides is 1. The summed E-state index contributed by atoms with van der Waals surface area (Å²) in [6.45, 7) is 3.89. The number of hydrogen-bond donors (Lipinski definition) is 1. The lowest BCUT2D eigenvalue weighted by molar-refractivity contribution is -0.124. The Labute approximate surface area is 138 Å². The van der Waals surface area contributed by atoms with Crippen LogP contribution in [0.2, 0.25) is 0 Å². The van der Waals surface area contributed by atoms with Crippen molar-refractivity contribution >= 4 is 5.91 Å². The Morgan fingerprint density at radius 1 is 1.22 bits per heavy atom. The van der Waals surface area contributed by atoms with E-state index in [0.29, 0.717) is 24.5 Å². The molecule has 3 fully saturated rings. The molecule has 0 saturated carbocycles. The maximum Gasteiger partial charge on any atom is 0.220 e. The molecule has 3 heterocycles. The van der Waals surface area contributed by atoms with Gasteiger partial charge in [0.2, 0.25) is 5.91 Å². The highest BCUT2D eigenvalue weighted by molar-refractivity contribution is 5.77. The summed E-state index contributed by atoms with van der Waals surface area (Å²) >= 11 is 0. The number of carbonyl (C=O) groups is 1. The van der Waals surface area contributed by atoms with Crippen molar-refractivity contribution in [1.82, 2.24) is 10.2 Å². The van der Waals surface area contributed by atoms with Crippen LogP contribution in [0.15, 0.2) is 30.3 Å². The fraction of sp³-hybridized carbons (Fsp3) is 0.632. The Hall–Kier alpha value is -1.39. The molecule has 0 radical (unpaired) electrons. The zero-order valence-corrected chi connectivity index (χ0v) is 13.8. The maximum absolute atomic E-state index is 12.2. The minimum atomic E-state index is -0.131. The van der Waals surface area contributed by atoms with Gasteiger partial charge >= 0.3 is 0 Å². The predicted molar refractivity (Wildman–Crippen MR) is 89.0 cm³/mol. The summed E-state index contributed by atoms with van der Waals surface area (Å²) in [6, 6.07) is 12.0. The van der Waals surface area contributed by atoms with Gasteiger partial charge in [0.25, 0.3) is 0 Å². The van der Waals surface area contributed by atoms with Crippen LogP contribution < -0.4 is 5.32 Å². The van der Waals surface area contributed by atoms with E-state index in [2.05, 4.69) is 47.5 Å². The van der Waals surface area contributed by atoms with Crippen molar-refractivity contribution < 1.29 is 9.53 Å². The molecule has 4 nitrogen and oxygen atoms in total. The van der Waals surface area contributed by atoms with Crippen LogP contribution in [-0.4, -0.2) is 41.6 Å². The maximum atomic E-state index is 12.2. The summed E-state index contributed by atoms with van der Waals surface area (Å²) in [7, 11) is 0. The van der Waals surface area contributed by atoms with Gasteiger partial charge in [-0.3, -0.25) is 9.69 Å². The third kappa shape index (κ3) is 2.68. The Kier molecular flexibility index (Phi) is 3.90. The second-order valence-electron chi connectivity index (χ2n) is 7.50. The number of nitrogens with zero attached hydrogens (tertiary/aromatic N) is 1. The Bertz CT molecular complexity index is 572. The van der Waals surface area contributed by atoms with Gasteiger partial charge in [-0.15, -0.1) is 0 Å². The van der Waals surface area contributed by atoms with Crippen LogP contribution >= 0.6 is 0 Å². The average Bonchev–Trinajstić information content (AvgIpc) is 2.74. The van der Waals surface area contributed by atoms with Gasteiger partial charge in [0.15, 0.2) is 0 Å². The fourth-order valence-corrected chi connectivity index (χ4v) is 4.67. The molecule has 3 aliphatic heterocycles. The number of nitrogens with one attached hydrogen (secondary N) is 1. The van der Waals surface area contributed by atoms with Crippen LogP contribution in [0.25, 0.3) is 0 Å². The number of carbonyl (C=O) groups excluding carboxylic acids is 1. The molecule has 1 aromatic carbocycles. The topological polar surface area (TPSA) is 41.6 Å². The predicted octanol–water partition coefficient (Wildman–Crippen LogP) is 2.65. The summed E-state index contributed by atoms with van der Waals surface area (Å²) in [5.74, 6) is 0.218. The molecule has 4 heteroatoms. The minimum Gasteiger partial charge on any atom is -0.378 e. The number of hydrogen-bond acceptors (Lipinski definition) is 3. The third-order valence-corrected chi connectivity index (χ3v) is 5.86. The van der Waals surface area contributed by atoms with E-state index in [0.717, 1.165) is 38.9 Å². The Morgan fingerprint density at radius 3 is 2.70 bits per heavy atom. The first-order valence-electron chi connectivity index (χ1n) is 8.88. The van der Waals surface area contributed by atoms with Gasteiger partial charge in [0.1, 0.15) is 0 Å². The van der Waals surface area contributed by atoms with E-state index < -0.39 is 0 Å². The third-order valence-electron chi connectivity index (χ3n) is 5.86. The molecule has 124 valence electrons. The van der Waals surface area contributed by atoms with Gasteiger partial charge in [-0.25, -0.2) is 0 Å². The quantitative estimate of drug-likeness (QED) is 0.912. The van der Waals surface area contributed by atoms with Crippen molar-refractivity contribution in [2.45, 2.75) is 62.7 Å². The van der Waals surface area contributed by atoms with E-state index in [1.807, 2.05) is 0 Å². The Balaban J connectivity index is 1.70. The van der Waals surface area contributed by atoms with Crippen molar-refractivity contribution in [3.63, 3.8) is 0 Å². The van der Waals surface area contributed by atoms with Crippen molar-refractivity contribution in [2.24, 2.45) is 0 Å². The molecular formula is C19H26N2O2. The van der Waals surface area contributed by atoms with E-state index in [-0.39, 0.29) is 11.4 Å². The molecule has 0 spiro atoms. The average molecular weight is 314 g/mol. The molecule has 0 aliphatic carbocycles. The van der Waals surface area contributed by atoms with Crippen LogP contribution in [0, 0.1) is 0 Å². The highest BCUT2D eigenvalue weighted by atomic mass is 16.5. The van der Waals surface area contributed by atoms with E-state index in [1.165, 1.54) is 5.56 Å². The van der Waals surface area contributed by atoms with Crippen LogP contribution in [0.3, 0.4) is 0 Å². The fourth-order valence-electron chi connectivity index (χ4n) is 4.67. The highest BCUT2D eigenvalue weighted by Crippen LogP contribution is 2.46. The highest BCUT2D eigenvalue weighted by Gasteiger charge is 2.53. The van der Waals surface area contributed by atoms with Gasteiger partial charge in [-0.05, 0) is 31.7 Å². The minimum absolute atomic E-state index is 0.131. The summed E-state index contributed by atoms with van der Waals surface area (Å²) < 4.78 is 5.49. The van der Waals surface area contributed by atoms with Crippen LogP contribution in [-0.2, 0) is 9.53 Å². The second kappa shape index (κ2) is 5.91. The number of rotatable bonds is 2. The van der Waals surface area contributed by atoms with E-state index in [1.54, 1.807) is 0 Å². The number of fused-ring (bicyclic) bond motifs is 1. The first-order chi connectivity index (χ1) is 11.2. The van der Waals surface area contributed by atoms with Crippen molar-refractivity contribution in [2.75, 3.05) is 13.2 Å². The van der Waals surface area contributed by atoms with Crippen LogP contribution in [0.1, 0.15) is 50.6 Å². The van der Waals surface area contributed by atoms with Gasteiger partial charge in [-0.2, -0.15) is 0 Å². The SMILES string of the molecule is C[C@]12C[C@@H](c3ccccc3)N(C3COC3)[C@H]1CCCCC(=O)N2. The van der Waals surface area contributed by atoms with Gasteiger partial charge in [-0.1, -0.05) is 36.8 Å². The lowest BCUT2D eigenvalue weighted by Crippen LogP contribution is -2.59. The number of benzene rings is 1. The first kappa shape index (κ1) is 15.2. The zero-order valence-electron chi connectivity index (χ0n) is 13.8. The standard InChI is InChI=1S/C19H26N2O2/c1-19-11-16(14-7-3-2-4-8-14)21(15-12-23-13-15)17(19)9-5-6-10-18(22)20-19/h2-4,7-8,15-17H,5-6,9-13H2,1H3,(H,20,22)/t16-,17-,19-/m0/s1. The molecule has 3 atom stereocenters. The molecular weight excluding hydrogens is 288 g/mol. The van der Waals surface area contributed by atoms with E-state index >= 15 is 0 Å². The molecule has 3 saturated heterocycles. The lowest BCUT2D eigenvalue weighted by Gasteiger charge is -2.45. The first-order valence-corrected chi connectivity index (χ1v) is 8.88. The molecule has 1 amide bonds.